The molecule has 16 heteroatoms. The quantitative estimate of drug-likeness (QED) is 0.217. The first kappa shape index (κ1) is 38.3. The average Bonchev–Trinajstić information content (AvgIpc) is 3.42. The van der Waals surface area contributed by atoms with Gasteiger partial charge in [-0.25, -0.2) is 9.97 Å². The van der Waals surface area contributed by atoms with E-state index in [1.807, 2.05) is 38.1 Å². The number of amides is 3. The summed E-state index contributed by atoms with van der Waals surface area (Å²) in [6.45, 7) is 10.1. The summed E-state index contributed by atoms with van der Waals surface area (Å²) in [6.07, 6.45) is 1.01. The Morgan fingerprint density at radius 3 is 2.43 bits per heavy atom. The largest absolute Gasteiger partial charge is 0.481 e. The van der Waals surface area contributed by atoms with E-state index in [0.29, 0.717) is 37.4 Å². The molecule has 3 amide bonds. The number of carbonyl (C=O) groups excluding carboxylic acids is 4. The molecule has 1 saturated heterocycles. The molecule has 1 saturated carbocycles. The number of morpholine rings is 1. The van der Waals surface area contributed by atoms with E-state index in [2.05, 4.69) is 20.6 Å². The van der Waals surface area contributed by atoms with Gasteiger partial charge in [-0.05, 0) is 39.2 Å². The summed E-state index contributed by atoms with van der Waals surface area (Å²) in [4.78, 5) is 76.9. The normalized spacial score (nSPS) is 19.7. The molecule has 1 unspecified atom stereocenters. The first-order chi connectivity index (χ1) is 23.1. The van der Waals surface area contributed by atoms with Crippen LogP contribution in [0.4, 0.5) is 0 Å². The second-order valence-electron chi connectivity index (χ2n) is 13.5. The van der Waals surface area contributed by atoms with Crippen LogP contribution in [0, 0.1) is 18.8 Å². The highest BCUT2D eigenvalue weighted by atomic mass is 32.1. The van der Waals surface area contributed by atoms with Crippen molar-refractivity contribution in [2.45, 2.75) is 96.5 Å². The molecular formula is C33H48N6O8S2. The van der Waals surface area contributed by atoms with Crippen LogP contribution in [-0.2, 0) is 35.1 Å². The molecular weight excluding hydrogens is 673 g/mol. The lowest BCUT2D eigenvalue weighted by atomic mass is 9.95. The van der Waals surface area contributed by atoms with Crippen molar-refractivity contribution in [3.05, 3.63) is 32.2 Å². The Morgan fingerprint density at radius 2 is 1.86 bits per heavy atom. The summed E-state index contributed by atoms with van der Waals surface area (Å²) in [5.41, 5.74) is -0.0297. The zero-order valence-electron chi connectivity index (χ0n) is 29.2. The van der Waals surface area contributed by atoms with Crippen molar-refractivity contribution in [3.8, 4) is 0 Å². The fraction of sp³-hybridized carbons (Fsp3) is 0.667. The third-order valence-corrected chi connectivity index (χ3v) is 11.0. The van der Waals surface area contributed by atoms with E-state index in [1.165, 1.54) is 29.6 Å². The van der Waals surface area contributed by atoms with E-state index in [9.17, 15) is 29.1 Å². The number of hydrogen-bond acceptors (Lipinski definition) is 12. The minimum atomic E-state index is -0.993. The van der Waals surface area contributed by atoms with E-state index >= 15 is 0 Å². The summed E-state index contributed by atoms with van der Waals surface area (Å²) in [7, 11) is 3.56. The minimum absolute atomic E-state index is 0.0504. The van der Waals surface area contributed by atoms with Crippen LogP contribution in [-0.4, -0.2) is 112 Å². The van der Waals surface area contributed by atoms with Crippen LogP contribution in [0.2, 0.25) is 0 Å². The Labute approximate surface area is 294 Å². The Balaban J connectivity index is 1.47. The van der Waals surface area contributed by atoms with Gasteiger partial charge in [-0.3, -0.25) is 28.9 Å². The van der Waals surface area contributed by atoms with Gasteiger partial charge in [0.25, 0.3) is 5.91 Å². The van der Waals surface area contributed by atoms with Crippen LogP contribution < -0.4 is 10.6 Å². The number of carbonyl (C=O) groups is 5. The summed E-state index contributed by atoms with van der Waals surface area (Å²) < 4.78 is 11.2. The van der Waals surface area contributed by atoms with Gasteiger partial charge in [0, 0.05) is 61.9 Å². The van der Waals surface area contributed by atoms with Gasteiger partial charge < -0.3 is 30.1 Å². The van der Waals surface area contributed by atoms with Crippen LogP contribution in [0.25, 0.3) is 0 Å². The van der Waals surface area contributed by atoms with Crippen molar-refractivity contribution < 1.29 is 38.6 Å². The predicted molar refractivity (Wildman–Crippen MR) is 183 cm³/mol. The summed E-state index contributed by atoms with van der Waals surface area (Å²) in [5.74, 6) is -3.16. The van der Waals surface area contributed by atoms with Crippen molar-refractivity contribution in [2.75, 3.05) is 33.9 Å². The second-order valence-corrected chi connectivity index (χ2v) is 15.3. The average molecular weight is 721 g/mol. The number of carboxylic acids is 1. The molecule has 2 fully saturated rings. The number of thiazole rings is 2. The molecule has 14 nitrogen and oxygen atoms in total. The van der Waals surface area contributed by atoms with Crippen molar-refractivity contribution >= 4 is 52.3 Å². The smallest absolute Gasteiger partial charge is 0.306 e. The molecule has 270 valence electrons. The zero-order chi connectivity index (χ0) is 36.0. The third-order valence-electron chi connectivity index (χ3n) is 9.08. The van der Waals surface area contributed by atoms with E-state index in [1.54, 1.807) is 24.3 Å². The topological polar surface area (TPSA) is 180 Å². The lowest BCUT2D eigenvalue weighted by Crippen LogP contribution is -2.59. The van der Waals surface area contributed by atoms with Gasteiger partial charge in [0.05, 0.1) is 24.1 Å². The van der Waals surface area contributed by atoms with Gasteiger partial charge >= 0.3 is 11.9 Å². The molecule has 3 N–H and O–H groups in total. The Bertz CT molecular complexity index is 1510. The zero-order valence-corrected chi connectivity index (χ0v) is 30.8. The highest BCUT2D eigenvalue weighted by Gasteiger charge is 2.54. The molecule has 1 aliphatic heterocycles. The lowest BCUT2D eigenvalue weighted by molar-refractivity contribution is -0.149. The molecule has 5 atom stereocenters. The molecule has 49 heavy (non-hydrogen) atoms. The fourth-order valence-electron chi connectivity index (χ4n) is 6.01. The number of nitrogens with zero attached hydrogens (tertiary/aromatic N) is 4. The maximum absolute atomic E-state index is 13.9. The number of hydrogen-bond donors (Lipinski definition) is 3. The highest BCUT2D eigenvalue weighted by Crippen LogP contribution is 2.39. The Kier molecular flexibility index (Phi) is 12.9. The molecule has 0 radical (unpaired) electrons. The molecule has 0 aromatic carbocycles. The Hall–Kier alpha value is -3.47. The van der Waals surface area contributed by atoms with Crippen molar-refractivity contribution in [2.24, 2.45) is 11.8 Å². The van der Waals surface area contributed by atoms with Crippen LogP contribution in [0.15, 0.2) is 10.8 Å². The molecule has 4 rings (SSSR count). The minimum Gasteiger partial charge on any atom is -0.481 e. The third kappa shape index (κ3) is 10.0. The van der Waals surface area contributed by atoms with Gasteiger partial charge in [-0.15, -0.1) is 22.7 Å². The number of ether oxygens (including phenoxy) is 2. The van der Waals surface area contributed by atoms with Gasteiger partial charge in [0.15, 0.2) is 6.10 Å². The van der Waals surface area contributed by atoms with E-state index in [4.69, 9.17) is 9.47 Å². The number of nitrogens with one attached hydrogen (secondary N) is 2. The van der Waals surface area contributed by atoms with Crippen molar-refractivity contribution in [3.63, 3.8) is 0 Å². The number of rotatable bonds is 16. The first-order valence-corrected chi connectivity index (χ1v) is 18.3. The first-order valence-electron chi connectivity index (χ1n) is 16.5. The van der Waals surface area contributed by atoms with Crippen LogP contribution in [0.3, 0.4) is 0 Å². The van der Waals surface area contributed by atoms with Crippen LogP contribution in [0.1, 0.15) is 85.7 Å². The lowest BCUT2D eigenvalue weighted by Gasteiger charge is -2.37. The molecule has 2 aromatic heterocycles. The van der Waals surface area contributed by atoms with Crippen LogP contribution in [0.5, 0.6) is 0 Å². The van der Waals surface area contributed by atoms with Gasteiger partial charge in [-0.2, -0.15) is 0 Å². The predicted octanol–water partition coefficient (Wildman–Crippen LogP) is 2.82. The number of esters is 1. The molecule has 3 heterocycles. The monoisotopic (exact) mass is 720 g/mol. The molecule has 0 spiro atoms. The summed E-state index contributed by atoms with van der Waals surface area (Å²) >= 11 is 2.62. The second kappa shape index (κ2) is 16.5. The number of aromatic nitrogens is 2. The van der Waals surface area contributed by atoms with E-state index < -0.39 is 53.5 Å². The molecule has 1 aliphatic carbocycles. The SMILES string of the molecule is CC(=O)O[C@H](CC(C(C)C)N(C)C(=O)C1(NC(=O)[C@H]2COCCN2C)CC1)c1nc(C(=O)N[C@@H](Cc2nc(C)cs2)C[C@H](C)C(=O)O)cs1. The number of aliphatic carboxylic acids is 1. The Morgan fingerprint density at radius 1 is 1.14 bits per heavy atom. The summed E-state index contributed by atoms with van der Waals surface area (Å²) in [6, 6.07) is -1.36. The standard InChI is InChI=1S/C33H48N6O8S2/c1-18(2)24(39(7)32(45)33(8-9-33)37-29(42)25-15-46-11-10-38(25)6)14-26(47-21(5)40)30-36-23(17-49-30)28(41)35-22(12-19(3)31(43)44)13-27-34-20(4)16-48-27/h16-19,22,24-26H,8-15H2,1-7H3,(H,35,41)(H,37,42)(H,43,44)/t19-,22+,24?,25+,26+/m0/s1. The molecule has 0 bridgehead atoms. The maximum atomic E-state index is 13.9. The van der Waals surface area contributed by atoms with Crippen LogP contribution >= 0.6 is 22.7 Å². The van der Waals surface area contributed by atoms with Crippen molar-refractivity contribution in [1.29, 1.82) is 0 Å². The van der Waals surface area contributed by atoms with E-state index in [0.717, 1.165) is 10.7 Å². The maximum Gasteiger partial charge on any atom is 0.306 e. The number of likely N-dealkylation sites (N-methyl/N-ethyl adjacent to an activating group) is 2. The molecule has 2 aromatic rings. The van der Waals surface area contributed by atoms with Gasteiger partial charge in [-0.1, -0.05) is 20.8 Å². The summed E-state index contributed by atoms with van der Waals surface area (Å²) in [5, 5.41) is 20.1. The van der Waals surface area contributed by atoms with Gasteiger partial charge in [0.1, 0.15) is 22.3 Å². The molecule has 2 aliphatic rings. The number of carboxylic acid groups (broad SMARTS) is 1. The number of aryl methyl sites for hydroxylation is 1. The fourth-order valence-corrected chi connectivity index (χ4v) is 7.70. The van der Waals surface area contributed by atoms with E-state index in [-0.39, 0.29) is 42.9 Å². The van der Waals surface area contributed by atoms with Gasteiger partial charge in [0.2, 0.25) is 11.8 Å². The van der Waals surface area contributed by atoms with Crippen molar-refractivity contribution in [1.82, 2.24) is 30.4 Å². The highest BCUT2D eigenvalue weighted by molar-refractivity contribution is 7.10.